The number of nitrogens with one attached hydrogen (secondary N) is 2. The number of benzene rings is 2. The summed E-state index contributed by atoms with van der Waals surface area (Å²) in [4.78, 5) is 25.5. The molecule has 0 saturated heterocycles. The van der Waals surface area contributed by atoms with Crippen LogP contribution in [0.1, 0.15) is 44.6 Å². The van der Waals surface area contributed by atoms with E-state index in [1.54, 1.807) is 0 Å². The summed E-state index contributed by atoms with van der Waals surface area (Å²) >= 11 is 4.72. The SMILES string of the molecule is CCCCCCC(=O)NC(Cc1ccccc1)C(=O)Nc1nnc(-c2ccc(Br)cc2)s1. The van der Waals surface area contributed by atoms with E-state index in [0.717, 1.165) is 41.3 Å². The molecule has 32 heavy (non-hydrogen) atoms. The van der Waals surface area contributed by atoms with Crippen molar-refractivity contribution >= 4 is 44.2 Å². The average molecular weight is 515 g/mol. The number of rotatable bonds is 11. The number of unbranched alkanes of at least 4 members (excludes halogenated alkanes) is 3. The second-order valence-corrected chi connectivity index (χ2v) is 9.42. The Kier molecular flexibility index (Phi) is 9.37. The first-order valence-electron chi connectivity index (χ1n) is 10.8. The molecule has 168 valence electrons. The van der Waals surface area contributed by atoms with E-state index in [1.165, 1.54) is 11.3 Å². The predicted octanol–water partition coefficient (Wildman–Crippen LogP) is 5.60. The summed E-state index contributed by atoms with van der Waals surface area (Å²) in [6, 6.07) is 16.7. The zero-order valence-corrected chi connectivity index (χ0v) is 20.4. The number of hydrogen-bond donors (Lipinski definition) is 2. The number of anilines is 1. The predicted molar refractivity (Wildman–Crippen MR) is 133 cm³/mol. The molecule has 1 atom stereocenters. The highest BCUT2D eigenvalue weighted by atomic mass is 79.9. The molecule has 0 fully saturated rings. The Balaban J connectivity index is 1.66. The van der Waals surface area contributed by atoms with E-state index in [1.807, 2.05) is 54.6 Å². The Morgan fingerprint density at radius 3 is 2.47 bits per heavy atom. The highest BCUT2D eigenvalue weighted by Gasteiger charge is 2.22. The van der Waals surface area contributed by atoms with Gasteiger partial charge < -0.3 is 5.32 Å². The summed E-state index contributed by atoms with van der Waals surface area (Å²) in [6.07, 6.45) is 4.90. The molecule has 0 aliphatic carbocycles. The van der Waals surface area contributed by atoms with Crippen LogP contribution in [0.3, 0.4) is 0 Å². The molecule has 8 heteroatoms. The summed E-state index contributed by atoms with van der Waals surface area (Å²) < 4.78 is 0.980. The topological polar surface area (TPSA) is 84.0 Å². The Bertz CT molecular complexity index is 1010. The number of halogens is 1. The number of hydrogen-bond acceptors (Lipinski definition) is 5. The van der Waals surface area contributed by atoms with Crippen LogP contribution in [0, 0.1) is 0 Å². The lowest BCUT2D eigenvalue weighted by molar-refractivity contribution is -0.126. The van der Waals surface area contributed by atoms with Gasteiger partial charge in [0.05, 0.1) is 0 Å². The Morgan fingerprint density at radius 2 is 1.75 bits per heavy atom. The molecule has 3 aromatic rings. The molecule has 2 aromatic carbocycles. The third-order valence-corrected chi connectivity index (χ3v) is 6.35. The summed E-state index contributed by atoms with van der Waals surface area (Å²) in [5.41, 5.74) is 1.90. The minimum Gasteiger partial charge on any atom is -0.344 e. The van der Waals surface area contributed by atoms with Crippen molar-refractivity contribution in [2.75, 3.05) is 5.32 Å². The minimum absolute atomic E-state index is 0.106. The molecule has 0 aliphatic rings. The summed E-state index contributed by atoms with van der Waals surface area (Å²) in [7, 11) is 0. The molecule has 3 rings (SSSR count). The maximum atomic E-state index is 13.0. The zero-order valence-electron chi connectivity index (χ0n) is 18.0. The van der Waals surface area contributed by atoms with E-state index in [4.69, 9.17) is 0 Å². The Labute approximate surface area is 201 Å². The fourth-order valence-corrected chi connectivity index (χ4v) is 4.23. The van der Waals surface area contributed by atoms with Gasteiger partial charge in [0.15, 0.2) is 0 Å². The van der Waals surface area contributed by atoms with Gasteiger partial charge in [-0.3, -0.25) is 14.9 Å². The van der Waals surface area contributed by atoms with E-state index in [2.05, 4.69) is 43.7 Å². The molecule has 0 aliphatic heterocycles. The van der Waals surface area contributed by atoms with Crippen molar-refractivity contribution in [1.29, 1.82) is 0 Å². The van der Waals surface area contributed by atoms with Crippen molar-refractivity contribution in [2.45, 2.75) is 51.5 Å². The van der Waals surface area contributed by atoms with Crippen molar-refractivity contribution in [3.8, 4) is 10.6 Å². The second-order valence-electron chi connectivity index (χ2n) is 7.53. The highest BCUT2D eigenvalue weighted by molar-refractivity contribution is 9.10. The van der Waals surface area contributed by atoms with Crippen molar-refractivity contribution < 1.29 is 9.59 Å². The lowest BCUT2D eigenvalue weighted by Crippen LogP contribution is -2.45. The van der Waals surface area contributed by atoms with Crippen molar-refractivity contribution in [2.24, 2.45) is 0 Å². The number of amides is 2. The van der Waals surface area contributed by atoms with Gasteiger partial charge in [-0.1, -0.05) is 95.9 Å². The van der Waals surface area contributed by atoms with Gasteiger partial charge >= 0.3 is 0 Å². The smallest absolute Gasteiger partial charge is 0.249 e. The van der Waals surface area contributed by atoms with Crippen molar-refractivity contribution in [3.63, 3.8) is 0 Å². The molecule has 2 N–H and O–H groups in total. The Morgan fingerprint density at radius 1 is 1.00 bits per heavy atom. The first kappa shape index (κ1) is 24.1. The summed E-state index contributed by atoms with van der Waals surface area (Å²) in [5, 5.41) is 15.1. The normalized spacial score (nSPS) is 11.7. The van der Waals surface area contributed by atoms with Gasteiger partial charge in [-0.2, -0.15) is 0 Å². The lowest BCUT2D eigenvalue weighted by Gasteiger charge is -2.18. The summed E-state index contributed by atoms with van der Waals surface area (Å²) in [5.74, 6) is -0.403. The van der Waals surface area contributed by atoms with Crippen LogP contribution in [0.4, 0.5) is 5.13 Å². The molecule has 0 bridgehead atoms. The van der Waals surface area contributed by atoms with Crippen LogP contribution in [0.2, 0.25) is 0 Å². The van der Waals surface area contributed by atoms with E-state index in [0.29, 0.717) is 23.0 Å². The molecule has 6 nitrogen and oxygen atoms in total. The molecule has 0 spiro atoms. The number of carbonyl (C=O) groups excluding carboxylic acids is 2. The minimum atomic E-state index is -0.684. The van der Waals surface area contributed by atoms with E-state index < -0.39 is 6.04 Å². The quantitative estimate of drug-likeness (QED) is 0.326. The number of carbonyl (C=O) groups is 2. The molecule has 0 radical (unpaired) electrons. The number of nitrogens with zero attached hydrogens (tertiary/aromatic N) is 2. The standard InChI is InChI=1S/C24H27BrN4O2S/c1-2-3-4-8-11-21(30)26-20(16-17-9-6-5-7-10-17)22(31)27-24-29-28-23(32-24)18-12-14-19(25)15-13-18/h5-7,9-10,12-15,20H,2-4,8,11,16H2,1H3,(H,26,30)(H,27,29,31). The first-order chi connectivity index (χ1) is 15.5. The molecule has 1 unspecified atom stereocenters. The molecule has 0 saturated carbocycles. The molecule has 2 amide bonds. The summed E-state index contributed by atoms with van der Waals surface area (Å²) in [6.45, 7) is 2.13. The van der Waals surface area contributed by atoms with Crippen LogP contribution >= 0.6 is 27.3 Å². The fourth-order valence-electron chi connectivity index (χ4n) is 3.21. The zero-order chi connectivity index (χ0) is 22.8. The van der Waals surface area contributed by atoms with Crippen molar-refractivity contribution in [1.82, 2.24) is 15.5 Å². The molecular weight excluding hydrogens is 488 g/mol. The van der Waals surface area contributed by atoms with Gasteiger partial charge in [-0.25, -0.2) is 0 Å². The van der Waals surface area contributed by atoms with Gasteiger partial charge in [0.1, 0.15) is 11.0 Å². The van der Waals surface area contributed by atoms with Crippen LogP contribution in [-0.4, -0.2) is 28.1 Å². The third kappa shape index (κ3) is 7.53. The molecular formula is C24H27BrN4O2S. The van der Waals surface area contributed by atoms with Crippen LogP contribution in [0.25, 0.3) is 10.6 Å². The van der Waals surface area contributed by atoms with Gasteiger partial charge in [0.2, 0.25) is 16.9 Å². The van der Waals surface area contributed by atoms with Crippen LogP contribution < -0.4 is 10.6 Å². The van der Waals surface area contributed by atoms with E-state index in [-0.39, 0.29) is 11.8 Å². The maximum absolute atomic E-state index is 13.0. The Hall–Kier alpha value is -2.58. The third-order valence-electron chi connectivity index (χ3n) is 4.94. The number of aromatic nitrogens is 2. The van der Waals surface area contributed by atoms with Crippen LogP contribution in [-0.2, 0) is 16.0 Å². The monoisotopic (exact) mass is 514 g/mol. The lowest BCUT2D eigenvalue weighted by atomic mass is 10.0. The maximum Gasteiger partial charge on any atom is 0.249 e. The van der Waals surface area contributed by atoms with E-state index in [9.17, 15) is 9.59 Å². The molecule has 1 heterocycles. The van der Waals surface area contributed by atoms with Crippen molar-refractivity contribution in [3.05, 3.63) is 64.6 Å². The van der Waals surface area contributed by atoms with Gasteiger partial charge in [0, 0.05) is 22.9 Å². The highest BCUT2D eigenvalue weighted by Crippen LogP contribution is 2.27. The van der Waals surface area contributed by atoms with Crippen LogP contribution in [0.15, 0.2) is 59.1 Å². The van der Waals surface area contributed by atoms with Gasteiger partial charge in [0.25, 0.3) is 0 Å². The van der Waals surface area contributed by atoms with Gasteiger partial charge in [-0.05, 0) is 24.1 Å². The van der Waals surface area contributed by atoms with Crippen LogP contribution in [0.5, 0.6) is 0 Å². The van der Waals surface area contributed by atoms with Gasteiger partial charge in [-0.15, -0.1) is 10.2 Å². The second kappa shape index (κ2) is 12.5. The fraction of sp³-hybridized carbons (Fsp3) is 0.333. The molecule has 1 aromatic heterocycles. The first-order valence-corrected chi connectivity index (χ1v) is 12.4. The largest absolute Gasteiger partial charge is 0.344 e. The average Bonchev–Trinajstić information content (AvgIpc) is 3.26. The van der Waals surface area contributed by atoms with E-state index >= 15 is 0 Å².